The predicted molar refractivity (Wildman–Crippen MR) is 97.7 cm³/mol. The van der Waals surface area contributed by atoms with E-state index in [1.807, 2.05) is 41.8 Å². The first kappa shape index (κ1) is 14.9. The molecule has 1 aromatic carbocycles. The monoisotopic (exact) mass is 351 g/mol. The molecule has 0 N–H and O–H groups in total. The van der Waals surface area contributed by atoms with Gasteiger partial charge in [0.2, 0.25) is 0 Å². The van der Waals surface area contributed by atoms with Crippen LogP contribution in [-0.2, 0) is 6.42 Å². The lowest BCUT2D eigenvalue weighted by Crippen LogP contribution is -1.95. The molecular weight excluding hydrogens is 338 g/mol. The lowest BCUT2D eigenvalue weighted by molar-refractivity contribution is 0.415. The van der Waals surface area contributed by atoms with Crippen molar-refractivity contribution in [1.29, 1.82) is 5.26 Å². The molecule has 4 rings (SSSR count). The summed E-state index contributed by atoms with van der Waals surface area (Å²) in [5.74, 6) is 0.812. The lowest BCUT2D eigenvalue weighted by atomic mass is 10.1. The number of thiophene rings is 1. The number of methoxy groups -OCH3 is 1. The van der Waals surface area contributed by atoms with E-state index < -0.39 is 0 Å². The van der Waals surface area contributed by atoms with E-state index >= 15 is 0 Å². The predicted octanol–water partition coefficient (Wildman–Crippen LogP) is 4.87. The van der Waals surface area contributed by atoms with Crippen LogP contribution in [0.15, 0.2) is 47.2 Å². The van der Waals surface area contributed by atoms with Gasteiger partial charge in [0.1, 0.15) is 11.4 Å². The van der Waals surface area contributed by atoms with E-state index in [-0.39, 0.29) is 0 Å². The largest absolute Gasteiger partial charge is 0.497 e. The van der Waals surface area contributed by atoms with Crippen molar-refractivity contribution in [3.05, 3.63) is 52.9 Å². The fourth-order valence-corrected chi connectivity index (χ4v) is 4.40. The summed E-state index contributed by atoms with van der Waals surface area (Å²) in [5.41, 5.74) is 3.93. The lowest BCUT2D eigenvalue weighted by Gasteiger charge is -2.06. The third kappa shape index (κ3) is 2.39. The number of nitrogens with zero attached hydrogens (tertiary/aromatic N) is 3. The van der Waals surface area contributed by atoms with Crippen LogP contribution in [0.1, 0.15) is 5.69 Å². The van der Waals surface area contributed by atoms with Crippen LogP contribution in [0.5, 0.6) is 5.75 Å². The molecule has 0 atom stereocenters. The Bertz CT molecular complexity index is 1040. The van der Waals surface area contributed by atoms with Gasteiger partial charge in [-0.25, -0.2) is 4.98 Å². The van der Waals surface area contributed by atoms with Crippen molar-refractivity contribution in [3.63, 3.8) is 0 Å². The second-order valence-corrected chi connectivity index (χ2v) is 6.97. The smallest absolute Gasteiger partial charge is 0.195 e. The molecule has 0 aliphatic heterocycles. The average molecular weight is 351 g/mol. The summed E-state index contributed by atoms with van der Waals surface area (Å²) >= 11 is 3.23. The summed E-state index contributed by atoms with van der Waals surface area (Å²) in [4.78, 5) is 6.77. The van der Waals surface area contributed by atoms with Gasteiger partial charge in [-0.2, -0.15) is 5.26 Å². The minimum Gasteiger partial charge on any atom is -0.497 e. The van der Waals surface area contributed by atoms with Crippen LogP contribution in [0.25, 0.3) is 26.8 Å². The van der Waals surface area contributed by atoms with Crippen molar-refractivity contribution < 1.29 is 4.74 Å². The number of ether oxygens (including phenoxy) is 1. The molecule has 4 aromatic rings. The number of aromatic nitrogens is 2. The van der Waals surface area contributed by atoms with Crippen molar-refractivity contribution in [2.75, 3.05) is 7.11 Å². The van der Waals surface area contributed by atoms with Crippen LogP contribution in [-0.4, -0.2) is 16.5 Å². The molecule has 118 valence electrons. The average Bonchev–Trinajstić information content (AvgIpc) is 3.32. The molecule has 0 unspecified atom stereocenters. The van der Waals surface area contributed by atoms with Gasteiger partial charge in [-0.3, -0.25) is 4.40 Å². The van der Waals surface area contributed by atoms with E-state index in [1.165, 1.54) is 0 Å². The summed E-state index contributed by atoms with van der Waals surface area (Å²) in [6, 6.07) is 14.3. The fourth-order valence-electron chi connectivity index (χ4n) is 2.75. The Labute approximate surface area is 147 Å². The molecule has 3 heterocycles. The molecule has 0 saturated heterocycles. The van der Waals surface area contributed by atoms with Crippen molar-refractivity contribution in [2.45, 2.75) is 6.42 Å². The zero-order chi connectivity index (χ0) is 16.5. The third-order valence-corrected chi connectivity index (χ3v) is 5.53. The normalized spacial score (nSPS) is 10.8. The molecule has 4 nitrogen and oxygen atoms in total. The van der Waals surface area contributed by atoms with Crippen LogP contribution >= 0.6 is 22.7 Å². The second-order valence-electron chi connectivity index (χ2n) is 5.19. The van der Waals surface area contributed by atoms with Crippen LogP contribution < -0.4 is 4.74 Å². The van der Waals surface area contributed by atoms with E-state index in [0.29, 0.717) is 6.42 Å². The first-order chi connectivity index (χ1) is 11.8. The van der Waals surface area contributed by atoms with E-state index in [1.54, 1.807) is 29.8 Å². The molecule has 0 aliphatic carbocycles. The van der Waals surface area contributed by atoms with Crippen LogP contribution in [0.2, 0.25) is 0 Å². The topological polar surface area (TPSA) is 50.3 Å². The van der Waals surface area contributed by atoms with Gasteiger partial charge in [0.05, 0.1) is 35.9 Å². The standard InChI is InChI=1S/C18H13N3OS2/c1-22-13-5-2-4-12(10-13)15-11-24-18-20-17(16-6-3-9-23-16)14(7-8-19)21(15)18/h2-6,9-11H,7H2,1H3. The highest BCUT2D eigenvalue weighted by atomic mass is 32.1. The van der Waals surface area contributed by atoms with Gasteiger partial charge >= 0.3 is 0 Å². The van der Waals surface area contributed by atoms with Gasteiger partial charge in [-0.05, 0) is 23.6 Å². The Morgan fingerprint density at radius 2 is 2.17 bits per heavy atom. The third-order valence-electron chi connectivity index (χ3n) is 3.83. The molecule has 0 bridgehead atoms. The minimum absolute atomic E-state index is 0.322. The zero-order valence-electron chi connectivity index (χ0n) is 12.9. The summed E-state index contributed by atoms with van der Waals surface area (Å²) < 4.78 is 7.43. The molecule has 3 aromatic heterocycles. The molecule has 0 radical (unpaired) electrons. The number of hydrogen-bond donors (Lipinski definition) is 0. The molecule has 0 amide bonds. The van der Waals surface area contributed by atoms with Crippen LogP contribution in [0, 0.1) is 11.3 Å². The highest BCUT2D eigenvalue weighted by molar-refractivity contribution is 7.15. The first-order valence-electron chi connectivity index (χ1n) is 7.36. The molecular formula is C18H13N3OS2. The Kier molecular flexibility index (Phi) is 3.81. The highest BCUT2D eigenvalue weighted by Gasteiger charge is 2.19. The Balaban J connectivity index is 1.96. The van der Waals surface area contributed by atoms with Crippen molar-refractivity contribution >= 4 is 27.6 Å². The second kappa shape index (κ2) is 6.11. The quantitative estimate of drug-likeness (QED) is 0.527. The number of benzene rings is 1. The molecule has 0 fully saturated rings. The zero-order valence-corrected chi connectivity index (χ0v) is 14.5. The van der Waals surface area contributed by atoms with E-state index in [4.69, 9.17) is 9.72 Å². The maximum absolute atomic E-state index is 9.30. The Morgan fingerprint density at radius 3 is 2.92 bits per heavy atom. The van der Waals surface area contributed by atoms with E-state index in [2.05, 4.69) is 15.8 Å². The summed E-state index contributed by atoms with van der Waals surface area (Å²) in [6.45, 7) is 0. The van der Waals surface area contributed by atoms with Crippen LogP contribution in [0.4, 0.5) is 0 Å². The SMILES string of the molecule is COc1cccc(-c2csc3nc(-c4cccs4)c(CC#N)n23)c1. The molecule has 24 heavy (non-hydrogen) atoms. The minimum atomic E-state index is 0.322. The van der Waals surface area contributed by atoms with Gasteiger partial charge in [0.25, 0.3) is 0 Å². The van der Waals surface area contributed by atoms with Crippen LogP contribution in [0.3, 0.4) is 0 Å². The van der Waals surface area contributed by atoms with Gasteiger partial charge in [-0.1, -0.05) is 18.2 Å². The number of nitriles is 1. The van der Waals surface area contributed by atoms with Gasteiger partial charge in [-0.15, -0.1) is 22.7 Å². The fraction of sp³-hybridized carbons (Fsp3) is 0.111. The molecule has 0 aliphatic rings. The highest BCUT2D eigenvalue weighted by Crippen LogP contribution is 2.35. The van der Waals surface area contributed by atoms with Gasteiger partial charge < -0.3 is 4.74 Å². The maximum Gasteiger partial charge on any atom is 0.195 e. The van der Waals surface area contributed by atoms with Crippen molar-refractivity contribution in [3.8, 4) is 33.6 Å². The number of imidazole rings is 1. The number of hydrogen-bond acceptors (Lipinski definition) is 5. The van der Waals surface area contributed by atoms with E-state index in [0.717, 1.165) is 38.2 Å². The van der Waals surface area contributed by atoms with Gasteiger partial charge in [0.15, 0.2) is 4.96 Å². The summed E-state index contributed by atoms with van der Waals surface area (Å²) in [6.07, 6.45) is 0.322. The Hall–Kier alpha value is -2.62. The summed E-state index contributed by atoms with van der Waals surface area (Å²) in [5, 5.41) is 13.4. The first-order valence-corrected chi connectivity index (χ1v) is 9.12. The molecule has 0 spiro atoms. The van der Waals surface area contributed by atoms with E-state index in [9.17, 15) is 5.26 Å². The molecule has 0 saturated carbocycles. The van der Waals surface area contributed by atoms with Crippen molar-refractivity contribution in [1.82, 2.24) is 9.38 Å². The summed E-state index contributed by atoms with van der Waals surface area (Å²) in [7, 11) is 1.66. The Morgan fingerprint density at radius 1 is 1.25 bits per heavy atom. The molecule has 6 heteroatoms. The maximum atomic E-state index is 9.30. The number of rotatable bonds is 4. The number of fused-ring (bicyclic) bond motifs is 1. The van der Waals surface area contributed by atoms with Crippen molar-refractivity contribution in [2.24, 2.45) is 0 Å². The van der Waals surface area contributed by atoms with Gasteiger partial charge in [0, 0.05) is 10.9 Å². The number of thiazole rings is 1.